The van der Waals surface area contributed by atoms with Gasteiger partial charge in [-0.3, -0.25) is 5.43 Å². The Hall–Kier alpha value is -1.86. The van der Waals surface area contributed by atoms with Crippen LogP contribution in [0.15, 0.2) is 22.6 Å². The number of halogens is 2. The summed E-state index contributed by atoms with van der Waals surface area (Å²) in [4.78, 5) is 3.89. The predicted octanol–water partition coefficient (Wildman–Crippen LogP) is 2.67. The Morgan fingerprint density at radius 2 is 2.33 bits per heavy atom. The van der Waals surface area contributed by atoms with Crippen molar-refractivity contribution in [3.05, 3.63) is 33.9 Å². The van der Waals surface area contributed by atoms with Crippen molar-refractivity contribution in [1.82, 2.24) is 4.98 Å². The van der Waals surface area contributed by atoms with Gasteiger partial charge in [-0.05, 0) is 12.1 Å². The van der Waals surface area contributed by atoms with Gasteiger partial charge in [0.25, 0.3) is 0 Å². The summed E-state index contributed by atoms with van der Waals surface area (Å²) in [6, 6.07) is 2.55. The van der Waals surface area contributed by atoms with Crippen LogP contribution in [0.4, 0.5) is 15.3 Å². The molecule has 2 aromatic rings. The number of aromatic nitrogens is 1. The first-order valence-corrected chi connectivity index (χ1v) is 6.00. The number of anilines is 2. The number of aromatic hydroxyl groups is 1. The number of phenolic OH excluding ortho intramolecular Hbond substituents is 1. The summed E-state index contributed by atoms with van der Waals surface area (Å²) in [6.45, 7) is 0. The first-order valence-electron chi connectivity index (χ1n) is 4.75. The SMILES string of the molecule is Nc1csc(NN=Cc2c(O)ccc(Cl)c2F)n1. The summed E-state index contributed by atoms with van der Waals surface area (Å²) in [5, 5.41) is 15.2. The largest absolute Gasteiger partial charge is 0.507 e. The van der Waals surface area contributed by atoms with E-state index in [2.05, 4.69) is 15.5 Å². The van der Waals surface area contributed by atoms with E-state index in [0.717, 1.165) is 6.21 Å². The first-order chi connectivity index (χ1) is 8.58. The third-order valence-corrected chi connectivity index (χ3v) is 3.04. The second-order valence-corrected chi connectivity index (χ2v) is 4.51. The van der Waals surface area contributed by atoms with Crippen LogP contribution in [-0.2, 0) is 0 Å². The Labute approximate surface area is 111 Å². The van der Waals surface area contributed by atoms with Crippen LogP contribution in [0.3, 0.4) is 0 Å². The summed E-state index contributed by atoms with van der Waals surface area (Å²) in [5.74, 6) is -0.614. The minimum atomic E-state index is -0.735. The molecule has 0 atom stereocenters. The molecule has 0 radical (unpaired) electrons. The van der Waals surface area contributed by atoms with Gasteiger partial charge in [0.15, 0.2) is 5.82 Å². The van der Waals surface area contributed by atoms with Crippen molar-refractivity contribution in [2.45, 2.75) is 0 Å². The number of hydrazone groups is 1. The zero-order chi connectivity index (χ0) is 13.1. The molecule has 8 heteroatoms. The summed E-state index contributed by atoms with van der Waals surface area (Å²) in [6.07, 6.45) is 1.12. The molecule has 94 valence electrons. The van der Waals surface area contributed by atoms with Crippen LogP contribution < -0.4 is 11.2 Å². The average Bonchev–Trinajstić information content (AvgIpc) is 2.74. The molecule has 0 bridgehead atoms. The molecule has 0 spiro atoms. The first kappa shape index (κ1) is 12.6. The van der Waals surface area contributed by atoms with Crippen molar-refractivity contribution >= 4 is 40.1 Å². The summed E-state index contributed by atoms with van der Waals surface area (Å²) in [7, 11) is 0. The lowest BCUT2D eigenvalue weighted by Gasteiger charge is -2.01. The van der Waals surface area contributed by atoms with Gasteiger partial charge in [0, 0.05) is 5.38 Å². The van der Waals surface area contributed by atoms with Crippen molar-refractivity contribution in [3.63, 3.8) is 0 Å². The standard InChI is InChI=1S/C10H8ClFN4OS/c11-6-1-2-7(17)5(9(6)12)3-14-16-10-15-8(13)4-18-10/h1-4,17H,13H2,(H,15,16). The highest BCUT2D eigenvalue weighted by atomic mass is 35.5. The highest BCUT2D eigenvalue weighted by molar-refractivity contribution is 7.14. The number of nitrogens with one attached hydrogen (secondary N) is 1. The van der Waals surface area contributed by atoms with E-state index in [0.29, 0.717) is 10.9 Å². The molecule has 0 aliphatic rings. The van der Waals surface area contributed by atoms with Gasteiger partial charge in [-0.15, -0.1) is 11.3 Å². The van der Waals surface area contributed by atoms with E-state index in [4.69, 9.17) is 17.3 Å². The lowest BCUT2D eigenvalue weighted by molar-refractivity contribution is 0.468. The minimum absolute atomic E-state index is 0.0901. The van der Waals surface area contributed by atoms with Gasteiger partial charge in [0.1, 0.15) is 11.6 Å². The molecular weight excluding hydrogens is 279 g/mol. The zero-order valence-corrected chi connectivity index (χ0v) is 10.5. The van der Waals surface area contributed by atoms with E-state index >= 15 is 0 Å². The molecule has 0 saturated heterocycles. The van der Waals surface area contributed by atoms with E-state index in [-0.39, 0.29) is 16.3 Å². The van der Waals surface area contributed by atoms with Gasteiger partial charge in [-0.2, -0.15) is 5.10 Å². The summed E-state index contributed by atoms with van der Waals surface area (Å²) < 4.78 is 13.5. The molecule has 2 rings (SSSR count). The van der Waals surface area contributed by atoms with E-state index < -0.39 is 5.82 Å². The number of hydrogen-bond acceptors (Lipinski definition) is 6. The van der Waals surface area contributed by atoms with Crippen molar-refractivity contribution in [2.75, 3.05) is 11.2 Å². The van der Waals surface area contributed by atoms with E-state index in [1.165, 1.54) is 23.5 Å². The third-order valence-electron chi connectivity index (χ3n) is 1.99. The smallest absolute Gasteiger partial charge is 0.205 e. The lowest BCUT2D eigenvalue weighted by Crippen LogP contribution is -1.94. The number of thiazole rings is 1. The van der Waals surface area contributed by atoms with Crippen LogP contribution in [0.1, 0.15) is 5.56 Å². The van der Waals surface area contributed by atoms with Gasteiger partial charge in [-0.1, -0.05) is 11.6 Å². The maximum atomic E-state index is 13.5. The molecule has 0 amide bonds. The number of phenols is 1. The highest BCUT2D eigenvalue weighted by Gasteiger charge is 2.09. The van der Waals surface area contributed by atoms with Crippen molar-refractivity contribution < 1.29 is 9.50 Å². The fourth-order valence-corrected chi connectivity index (χ4v) is 1.88. The molecule has 0 saturated carbocycles. The molecule has 1 aromatic carbocycles. The number of hydrogen-bond donors (Lipinski definition) is 3. The third kappa shape index (κ3) is 2.69. The van der Waals surface area contributed by atoms with Crippen LogP contribution in [0.5, 0.6) is 5.75 Å². The second kappa shape index (κ2) is 5.19. The van der Waals surface area contributed by atoms with Crippen molar-refractivity contribution in [1.29, 1.82) is 0 Å². The van der Waals surface area contributed by atoms with E-state index in [9.17, 15) is 9.50 Å². The maximum absolute atomic E-state index is 13.5. The van der Waals surface area contributed by atoms with Crippen LogP contribution in [0, 0.1) is 5.82 Å². The molecule has 0 unspecified atom stereocenters. The second-order valence-electron chi connectivity index (χ2n) is 3.24. The van der Waals surface area contributed by atoms with Gasteiger partial charge >= 0.3 is 0 Å². The van der Waals surface area contributed by atoms with E-state index in [1.807, 2.05) is 0 Å². The number of rotatable bonds is 3. The van der Waals surface area contributed by atoms with Crippen LogP contribution in [0.25, 0.3) is 0 Å². The number of nitrogens with two attached hydrogens (primary N) is 1. The van der Waals surface area contributed by atoms with Crippen LogP contribution in [0.2, 0.25) is 5.02 Å². The topological polar surface area (TPSA) is 83.5 Å². The van der Waals surface area contributed by atoms with Crippen molar-refractivity contribution in [2.24, 2.45) is 5.10 Å². The fourth-order valence-electron chi connectivity index (χ4n) is 1.17. The zero-order valence-electron chi connectivity index (χ0n) is 8.89. The Morgan fingerprint density at radius 3 is 3.00 bits per heavy atom. The predicted molar refractivity (Wildman–Crippen MR) is 70.8 cm³/mol. The number of nitrogen functional groups attached to an aromatic ring is 1. The van der Waals surface area contributed by atoms with Crippen molar-refractivity contribution in [3.8, 4) is 5.75 Å². The quantitative estimate of drug-likeness (QED) is 0.598. The molecule has 1 aromatic heterocycles. The number of benzene rings is 1. The maximum Gasteiger partial charge on any atom is 0.205 e. The van der Waals surface area contributed by atoms with E-state index in [1.54, 1.807) is 5.38 Å². The highest BCUT2D eigenvalue weighted by Crippen LogP contribution is 2.25. The van der Waals surface area contributed by atoms with Crippen LogP contribution >= 0.6 is 22.9 Å². The Bertz CT molecular complexity index is 602. The molecule has 1 heterocycles. The van der Waals surface area contributed by atoms with Gasteiger partial charge in [0.05, 0.1) is 16.8 Å². The monoisotopic (exact) mass is 286 g/mol. The van der Waals surface area contributed by atoms with Crippen LogP contribution in [-0.4, -0.2) is 16.3 Å². The molecule has 18 heavy (non-hydrogen) atoms. The normalized spacial score (nSPS) is 11.0. The van der Waals surface area contributed by atoms with Gasteiger partial charge in [0.2, 0.25) is 5.13 Å². The molecule has 4 N–H and O–H groups in total. The molecule has 0 fully saturated rings. The Morgan fingerprint density at radius 1 is 1.56 bits per heavy atom. The Kier molecular flexibility index (Phi) is 3.63. The molecule has 0 aliphatic heterocycles. The molecule has 0 aliphatic carbocycles. The average molecular weight is 287 g/mol. The van der Waals surface area contributed by atoms with Gasteiger partial charge < -0.3 is 10.8 Å². The van der Waals surface area contributed by atoms with Gasteiger partial charge in [-0.25, -0.2) is 9.37 Å². The number of nitrogens with zero attached hydrogens (tertiary/aromatic N) is 2. The summed E-state index contributed by atoms with van der Waals surface area (Å²) >= 11 is 6.84. The lowest BCUT2D eigenvalue weighted by atomic mass is 10.2. The fraction of sp³-hybridized carbons (Fsp3) is 0. The minimum Gasteiger partial charge on any atom is -0.507 e. The molecule has 5 nitrogen and oxygen atoms in total. The molecular formula is C10H8ClFN4OS. The Balaban J connectivity index is 2.16. The summed E-state index contributed by atoms with van der Waals surface area (Å²) in [5.41, 5.74) is 7.89.